The summed E-state index contributed by atoms with van der Waals surface area (Å²) in [5.41, 5.74) is 2.35. The fourth-order valence-electron chi connectivity index (χ4n) is 4.76. The van der Waals surface area contributed by atoms with Gasteiger partial charge in [0.15, 0.2) is 11.2 Å². The van der Waals surface area contributed by atoms with E-state index >= 15 is 0 Å². The second kappa shape index (κ2) is 5.88. The van der Waals surface area contributed by atoms with E-state index in [0.29, 0.717) is 38.8 Å². The smallest absolute Gasteiger partial charge is 0.274 e. The van der Waals surface area contributed by atoms with Gasteiger partial charge < -0.3 is 14.5 Å². The number of aromatic amines is 2. The number of hydrogen-bond donors (Lipinski definition) is 3. The average Bonchev–Trinajstić information content (AvgIpc) is 3.50. The van der Waals surface area contributed by atoms with Gasteiger partial charge >= 0.3 is 0 Å². The van der Waals surface area contributed by atoms with E-state index in [-0.39, 0.29) is 17.2 Å². The summed E-state index contributed by atoms with van der Waals surface area (Å²) in [6, 6.07) is 4.97. The topological polar surface area (TPSA) is 122 Å². The van der Waals surface area contributed by atoms with Crippen molar-refractivity contribution in [2.24, 2.45) is 7.05 Å². The van der Waals surface area contributed by atoms with E-state index in [1.54, 1.807) is 24.0 Å². The van der Waals surface area contributed by atoms with E-state index in [4.69, 9.17) is 4.42 Å². The van der Waals surface area contributed by atoms with E-state index < -0.39 is 11.2 Å². The highest BCUT2D eigenvalue weighted by Crippen LogP contribution is 2.40. The minimum atomic E-state index is -0.512. The molecule has 9 nitrogen and oxygen atoms in total. The number of nitrogens with one attached hydrogen (secondary N) is 2. The largest absolute Gasteiger partial charge is 0.502 e. The maximum Gasteiger partial charge on any atom is 0.274 e. The number of furan rings is 1. The average molecular weight is 405 g/mol. The van der Waals surface area contributed by atoms with Crippen molar-refractivity contribution in [3.63, 3.8) is 0 Å². The Morgan fingerprint density at radius 2 is 1.97 bits per heavy atom. The third-order valence-electron chi connectivity index (χ3n) is 6.21. The summed E-state index contributed by atoms with van der Waals surface area (Å²) in [5.74, 6) is -0.440. The van der Waals surface area contributed by atoms with E-state index in [0.717, 1.165) is 25.7 Å². The molecular formula is C21H19N5O4. The molecule has 0 amide bonds. The summed E-state index contributed by atoms with van der Waals surface area (Å²) in [4.78, 5) is 28.4. The molecule has 1 saturated carbocycles. The predicted octanol–water partition coefficient (Wildman–Crippen LogP) is 3.14. The maximum atomic E-state index is 13.1. The van der Waals surface area contributed by atoms with Gasteiger partial charge in [-0.2, -0.15) is 5.10 Å². The number of nitrogens with zero attached hydrogens (tertiary/aromatic N) is 3. The first-order valence-corrected chi connectivity index (χ1v) is 9.97. The molecule has 3 N–H and O–H groups in total. The molecule has 4 heterocycles. The summed E-state index contributed by atoms with van der Waals surface area (Å²) in [5, 5.41) is 18.6. The number of hydrogen-bond acceptors (Lipinski definition) is 5. The third kappa shape index (κ3) is 2.14. The van der Waals surface area contributed by atoms with Crippen molar-refractivity contribution in [3.05, 3.63) is 45.0 Å². The van der Waals surface area contributed by atoms with Crippen molar-refractivity contribution >= 4 is 33.1 Å². The van der Waals surface area contributed by atoms with Crippen molar-refractivity contribution in [1.29, 1.82) is 0 Å². The maximum absolute atomic E-state index is 13.1. The molecule has 152 valence electrons. The fraction of sp³-hybridized carbons (Fsp3) is 0.286. The molecule has 1 fully saturated rings. The van der Waals surface area contributed by atoms with E-state index in [2.05, 4.69) is 15.2 Å². The van der Waals surface area contributed by atoms with Crippen LogP contribution in [0.4, 0.5) is 0 Å². The van der Waals surface area contributed by atoms with Crippen molar-refractivity contribution in [3.8, 4) is 17.0 Å². The van der Waals surface area contributed by atoms with Gasteiger partial charge in [0.2, 0.25) is 11.2 Å². The lowest BCUT2D eigenvalue weighted by molar-refractivity contribution is 0.464. The summed E-state index contributed by atoms with van der Waals surface area (Å²) in [6.45, 7) is 0. The zero-order valence-corrected chi connectivity index (χ0v) is 16.2. The zero-order valence-electron chi connectivity index (χ0n) is 16.2. The van der Waals surface area contributed by atoms with Gasteiger partial charge in [0, 0.05) is 18.6 Å². The molecule has 0 bridgehead atoms. The Labute approximate surface area is 168 Å². The molecule has 4 aromatic heterocycles. The van der Waals surface area contributed by atoms with Crippen LogP contribution in [0.15, 0.2) is 38.4 Å². The van der Waals surface area contributed by atoms with Crippen LogP contribution in [0, 0.1) is 0 Å². The SMILES string of the molecule is Cn1nccc1-c1c2oc3c(O)c(=O)ccc3c2[nH]c2c1c(=O)[nH]n2C1CCCC1. The minimum absolute atomic E-state index is 0.105. The summed E-state index contributed by atoms with van der Waals surface area (Å²) in [6.07, 6.45) is 5.90. The van der Waals surface area contributed by atoms with Crippen LogP contribution in [0.2, 0.25) is 0 Å². The number of aromatic nitrogens is 5. The van der Waals surface area contributed by atoms with Gasteiger partial charge in [-0.1, -0.05) is 12.8 Å². The first-order valence-electron chi connectivity index (χ1n) is 9.97. The van der Waals surface area contributed by atoms with Gasteiger partial charge in [-0.15, -0.1) is 0 Å². The Bertz CT molecular complexity index is 1570. The summed E-state index contributed by atoms with van der Waals surface area (Å²) >= 11 is 0. The highest BCUT2D eigenvalue weighted by atomic mass is 16.4. The number of H-pyrrole nitrogens is 2. The summed E-state index contributed by atoms with van der Waals surface area (Å²) in [7, 11) is 1.79. The number of rotatable bonds is 2. The number of aromatic hydroxyl groups is 1. The standard InChI is InChI=1S/C21H19N5O4/c1-25-12(8-9-22-25)14-15-20(26(24-21(15)29)10-4-2-3-5-10)23-16-11-6-7-13(27)17(28)18(11)30-19(14)16/h6-10,23,28H,2-5H2,1H3,(H,24,29). The molecule has 0 atom stereocenters. The Kier molecular flexibility index (Phi) is 3.36. The van der Waals surface area contributed by atoms with Crippen LogP contribution in [0.5, 0.6) is 5.75 Å². The van der Waals surface area contributed by atoms with E-state index in [1.807, 2.05) is 10.7 Å². The van der Waals surface area contributed by atoms with Crippen LogP contribution in [0.25, 0.3) is 44.4 Å². The number of phenols is 1. The van der Waals surface area contributed by atoms with E-state index in [9.17, 15) is 14.7 Å². The first kappa shape index (κ1) is 17.1. The Balaban J connectivity index is 1.85. The number of aryl methyl sites for hydroxylation is 1. The highest BCUT2D eigenvalue weighted by molar-refractivity contribution is 6.14. The molecular weight excluding hydrogens is 386 g/mol. The molecule has 9 heteroatoms. The number of benzene rings is 1. The zero-order chi connectivity index (χ0) is 20.6. The van der Waals surface area contributed by atoms with Crippen molar-refractivity contribution in [2.45, 2.75) is 31.7 Å². The molecule has 0 unspecified atom stereocenters. The lowest BCUT2D eigenvalue weighted by Gasteiger charge is -2.13. The predicted molar refractivity (Wildman–Crippen MR) is 112 cm³/mol. The van der Waals surface area contributed by atoms with Gasteiger partial charge in [0.05, 0.1) is 28.2 Å². The molecule has 0 saturated heterocycles. The fourth-order valence-corrected chi connectivity index (χ4v) is 4.76. The molecule has 5 aromatic rings. The van der Waals surface area contributed by atoms with Gasteiger partial charge in [-0.3, -0.25) is 24.1 Å². The molecule has 1 aliphatic rings. The molecule has 1 aliphatic carbocycles. The molecule has 1 aromatic carbocycles. The Hall–Kier alpha value is -3.75. The molecule has 6 rings (SSSR count). The van der Waals surface area contributed by atoms with Gasteiger partial charge in [-0.25, -0.2) is 0 Å². The summed E-state index contributed by atoms with van der Waals surface area (Å²) < 4.78 is 9.58. The van der Waals surface area contributed by atoms with Crippen LogP contribution in [0.3, 0.4) is 0 Å². The van der Waals surface area contributed by atoms with Gasteiger partial charge in [-0.05, 0) is 31.0 Å². The number of phenolic OH excluding ortho intramolecular Hbond substituents is 1. The van der Waals surface area contributed by atoms with Crippen LogP contribution in [-0.2, 0) is 7.05 Å². The minimum Gasteiger partial charge on any atom is -0.502 e. The van der Waals surface area contributed by atoms with Crippen LogP contribution in [0.1, 0.15) is 31.7 Å². The van der Waals surface area contributed by atoms with E-state index in [1.165, 1.54) is 6.07 Å². The normalized spacial score (nSPS) is 15.2. The van der Waals surface area contributed by atoms with Gasteiger partial charge in [0.1, 0.15) is 5.65 Å². The van der Waals surface area contributed by atoms with Crippen LogP contribution < -0.4 is 11.0 Å². The number of fused-ring (bicyclic) bond motifs is 4. The van der Waals surface area contributed by atoms with Crippen molar-refractivity contribution in [2.75, 3.05) is 0 Å². The second-order valence-electron chi connectivity index (χ2n) is 7.91. The van der Waals surface area contributed by atoms with Gasteiger partial charge in [0.25, 0.3) is 5.56 Å². The monoisotopic (exact) mass is 405 g/mol. The first-order chi connectivity index (χ1) is 14.5. The quantitative estimate of drug-likeness (QED) is 0.416. The highest BCUT2D eigenvalue weighted by Gasteiger charge is 2.27. The lowest BCUT2D eigenvalue weighted by Crippen LogP contribution is -2.10. The molecule has 0 spiro atoms. The Morgan fingerprint density at radius 1 is 1.17 bits per heavy atom. The third-order valence-corrected chi connectivity index (χ3v) is 6.21. The molecule has 0 aliphatic heterocycles. The molecule has 30 heavy (non-hydrogen) atoms. The lowest BCUT2D eigenvalue weighted by atomic mass is 10.1. The van der Waals surface area contributed by atoms with Crippen molar-refractivity contribution in [1.82, 2.24) is 24.5 Å². The molecule has 0 radical (unpaired) electrons. The Morgan fingerprint density at radius 3 is 2.70 bits per heavy atom. The number of pyridine rings is 1. The van der Waals surface area contributed by atoms with Crippen LogP contribution in [-0.4, -0.2) is 29.7 Å². The van der Waals surface area contributed by atoms with Crippen LogP contribution >= 0.6 is 0 Å². The van der Waals surface area contributed by atoms with Crippen molar-refractivity contribution < 1.29 is 9.52 Å². The second-order valence-corrected chi connectivity index (χ2v) is 7.91.